The Kier molecular flexibility index (Phi) is 4.38. The van der Waals surface area contributed by atoms with Crippen molar-refractivity contribution in [2.24, 2.45) is 0 Å². The van der Waals surface area contributed by atoms with E-state index >= 15 is 0 Å². The van der Waals surface area contributed by atoms with Crippen molar-refractivity contribution in [3.05, 3.63) is 40.4 Å². The zero-order valence-electron chi connectivity index (χ0n) is 12.9. The van der Waals surface area contributed by atoms with E-state index in [1.54, 1.807) is 0 Å². The first kappa shape index (κ1) is 15.0. The van der Waals surface area contributed by atoms with Gasteiger partial charge in [0.25, 0.3) is 5.91 Å². The normalized spacial score (nSPS) is 14.7. The van der Waals surface area contributed by atoms with Crippen LogP contribution in [0.1, 0.15) is 34.8 Å². The van der Waals surface area contributed by atoms with Crippen molar-refractivity contribution in [1.29, 1.82) is 0 Å². The van der Waals surface area contributed by atoms with Crippen molar-refractivity contribution in [3.63, 3.8) is 0 Å². The van der Waals surface area contributed by atoms with Gasteiger partial charge in [-0.15, -0.1) is 5.10 Å². The lowest BCUT2D eigenvalue weighted by atomic mass is 10.2. The highest BCUT2D eigenvalue weighted by molar-refractivity contribution is 7.08. The Morgan fingerprint density at radius 1 is 1.45 bits per heavy atom. The highest BCUT2D eigenvalue weighted by Gasteiger charge is 2.23. The van der Waals surface area contributed by atoms with Crippen LogP contribution in [0.25, 0.3) is 0 Å². The second kappa shape index (κ2) is 6.44. The number of carbonyl (C=O) groups excluding carboxylic acids is 1. The Hall–Kier alpha value is -1.95. The summed E-state index contributed by atoms with van der Waals surface area (Å²) in [5.74, 6) is -0.0637. The summed E-state index contributed by atoms with van der Waals surface area (Å²) in [5, 5.41) is 7.00. The topological polar surface area (TPSA) is 58.1 Å². The maximum absolute atomic E-state index is 12.3. The van der Waals surface area contributed by atoms with E-state index in [0.717, 1.165) is 25.1 Å². The zero-order chi connectivity index (χ0) is 15.5. The molecule has 0 saturated carbocycles. The smallest absolute Gasteiger partial charge is 0.265 e. The van der Waals surface area contributed by atoms with Crippen LogP contribution in [0.5, 0.6) is 0 Å². The highest BCUT2D eigenvalue weighted by atomic mass is 32.1. The molecule has 1 aliphatic heterocycles. The van der Waals surface area contributed by atoms with Gasteiger partial charge in [-0.1, -0.05) is 29.6 Å². The molecular weight excluding hydrogens is 296 g/mol. The number of carbonyl (C=O) groups is 1. The molecule has 1 aromatic heterocycles. The first-order valence-electron chi connectivity index (χ1n) is 7.64. The zero-order valence-corrected chi connectivity index (χ0v) is 13.7. The van der Waals surface area contributed by atoms with Gasteiger partial charge in [-0.2, -0.15) is 0 Å². The van der Waals surface area contributed by atoms with Gasteiger partial charge in [0.2, 0.25) is 0 Å². The molecule has 1 aromatic carbocycles. The quantitative estimate of drug-likeness (QED) is 0.919. The molecule has 0 fully saturated rings. The maximum atomic E-state index is 12.3. The van der Waals surface area contributed by atoms with E-state index in [0.29, 0.717) is 11.4 Å². The van der Waals surface area contributed by atoms with Crippen LogP contribution >= 0.6 is 11.5 Å². The minimum absolute atomic E-state index is 0.0637. The van der Waals surface area contributed by atoms with Crippen LogP contribution in [0.3, 0.4) is 0 Å². The largest absolute Gasteiger partial charge is 0.366 e. The summed E-state index contributed by atoms with van der Waals surface area (Å²) in [7, 11) is 0. The lowest BCUT2D eigenvalue weighted by molar-refractivity contribution is 0.0954. The molecule has 0 radical (unpaired) electrons. The van der Waals surface area contributed by atoms with Crippen LogP contribution in [0.2, 0.25) is 0 Å². The average Bonchev–Trinajstić information content (AvgIpc) is 3.18. The number of hydrogen-bond donors (Lipinski definition) is 1. The van der Waals surface area contributed by atoms with Gasteiger partial charge in [0.05, 0.1) is 5.69 Å². The minimum Gasteiger partial charge on any atom is -0.366 e. The fourth-order valence-corrected chi connectivity index (χ4v) is 3.53. The number of anilines is 1. The molecule has 0 aliphatic carbocycles. The molecule has 2 aromatic rings. The van der Waals surface area contributed by atoms with Crippen LogP contribution in [-0.2, 0) is 12.8 Å². The lowest BCUT2D eigenvalue weighted by Gasteiger charge is -2.27. The monoisotopic (exact) mass is 316 g/mol. The summed E-state index contributed by atoms with van der Waals surface area (Å²) < 4.78 is 3.87. The Morgan fingerprint density at radius 3 is 3.09 bits per heavy atom. The van der Waals surface area contributed by atoms with Crippen LogP contribution in [0, 0.1) is 0 Å². The van der Waals surface area contributed by atoms with Crippen molar-refractivity contribution < 1.29 is 4.79 Å². The molecule has 22 heavy (non-hydrogen) atoms. The minimum atomic E-state index is -0.0637. The maximum Gasteiger partial charge on any atom is 0.265 e. The number of benzene rings is 1. The Morgan fingerprint density at radius 2 is 2.27 bits per heavy atom. The summed E-state index contributed by atoms with van der Waals surface area (Å²) in [6, 6.07) is 8.75. The fraction of sp³-hybridized carbons (Fsp3) is 0.438. The van der Waals surface area contributed by atoms with E-state index in [-0.39, 0.29) is 11.9 Å². The SMILES string of the molecule is CCc1nnsc1C(=O)NC[C@H](C)N1CCc2ccccc21. The molecule has 5 nitrogen and oxygen atoms in total. The van der Waals surface area contributed by atoms with Crippen molar-refractivity contribution in [3.8, 4) is 0 Å². The summed E-state index contributed by atoms with van der Waals surface area (Å²) in [6.07, 6.45) is 1.81. The van der Waals surface area contributed by atoms with Gasteiger partial charge in [0.1, 0.15) is 4.88 Å². The number of rotatable bonds is 5. The third kappa shape index (κ3) is 2.83. The molecule has 3 rings (SSSR count). The van der Waals surface area contributed by atoms with Crippen molar-refractivity contribution >= 4 is 23.1 Å². The second-order valence-corrected chi connectivity index (χ2v) is 6.29. The number of hydrogen-bond acceptors (Lipinski definition) is 5. The van der Waals surface area contributed by atoms with Gasteiger partial charge in [0.15, 0.2) is 0 Å². The number of nitrogens with one attached hydrogen (secondary N) is 1. The number of amides is 1. The third-order valence-corrected chi connectivity index (χ3v) is 4.88. The number of fused-ring (bicyclic) bond motifs is 1. The van der Waals surface area contributed by atoms with E-state index in [1.165, 1.54) is 22.8 Å². The Labute approximate surface area is 134 Å². The summed E-state index contributed by atoms with van der Waals surface area (Å²) in [4.78, 5) is 15.2. The highest BCUT2D eigenvalue weighted by Crippen LogP contribution is 2.28. The molecule has 0 spiro atoms. The van der Waals surface area contributed by atoms with Gasteiger partial charge in [-0.25, -0.2) is 0 Å². The first-order valence-corrected chi connectivity index (χ1v) is 8.42. The van der Waals surface area contributed by atoms with Gasteiger partial charge in [-0.3, -0.25) is 4.79 Å². The molecule has 6 heteroatoms. The van der Waals surface area contributed by atoms with Crippen molar-refractivity contribution in [1.82, 2.24) is 14.9 Å². The molecule has 0 bridgehead atoms. The van der Waals surface area contributed by atoms with E-state index in [9.17, 15) is 4.79 Å². The molecule has 1 amide bonds. The molecule has 1 atom stereocenters. The first-order chi connectivity index (χ1) is 10.7. The van der Waals surface area contributed by atoms with E-state index < -0.39 is 0 Å². The average molecular weight is 316 g/mol. The lowest BCUT2D eigenvalue weighted by Crippen LogP contribution is -2.41. The predicted octanol–water partition coefficient (Wildman–Crippen LogP) is 2.28. The van der Waals surface area contributed by atoms with E-state index in [1.807, 2.05) is 6.92 Å². The fourth-order valence-electron chi connectivity index (χ4n) is 2.86. The van der Waals surface area contributed by atoms with Crippen LogP contribution in [0.4, 0.5) is 5.69 Å². The molecule has 116 valence electrons. The van der Waals surface area contributed by atoms with Gasteiger partial charge < -0.3 is 10.2 Å². The summed E-state index contributed by atoms with van der Waals surface area (Å²) in [6.45, 7) is 5.76. The third-order valence-electron chi connectivity index (χ3n) is 4.11. The molecule has 0 unspecified atom stereocenters. The number of para-hydroxylation sites is 1. The molecule has 1 aliphatic rings. The second-order valence-electron chi connectivity index (χ2n) is 5.53. The van der Waals surface area contributed by atoms with Crippen LogP contribution in [0.15, 0.2) is 24.3 Å². The predicted molar refractivity (Wildman–Crippen MR) is 88.6 cm³/mol. The number of nitrogens with zero attached hydrogens (tertiary/aromatic N) is 3. The Bertz CT molecular complexity index is 670. The number of aromatic nitrogens is 2. The van der Waals surface area contributed by atoms with Gasteiger partial charge in [-0.05, 0) is 42.9 Å². The Balaban J connectivity index is 1.61. The molecule has 0 saturated heterocycles. The summed E-state index contributed by atoms with van der Waals surface area (Å²) >= 11 is 1.17. The van der Waals surface area contributed by atoms with E-state index in [2.05, 4.69) is 51.0 Å². The molecule has 2 heterocycles. The number of aryl methyl sites for hydroxylation is 1. The van der Waals surface area contributed by atoms with Crippen molar-refractivity contribution in [2.75, 3.05) is 18.0 Å². The van der Waals surface area contributed by atoms with Crippen LogP contribution in [-0.4, -0.2) is 34.6 Å². The molecular formula is C16H20N4OS. The summed E-state index contributed by atoms with van der Waals surface area (Å²) in [5.41, 5.74) is 3.46. The molecule has 1 N–H and O–H groups in total. The van der Waals surface area contributed by atoms with Crippen LogP contribution < -0.4 is 10.2 Å². The van der Waals surface area contributed by atoms with Crippen molar-refractivity contribution in [2.45, 2.75) is 32.7 Å². The van der Waals surface area contributed by atoms with E-state index in [4.69, 9.17) is 0 Å². The standard InChI is InChI=1S/C16H20N4OS/c1-3-13-15(22-19-18-13)16(21)17-10-11(2)20-9-8-12-6-4-5-7-14(12)20/h4-7,11H,3,8-10H2,1-2H3,(H,17,21)/t11-/m0/s1. The van der Waals surface area contributed by atoms with Gasteiger partial charge >= 0.3 is 0 Å². The van der Waals surface area contributed by atoms with Gasteiger partial charge in [0, 0.05) is 24.8 Å².